The summed E-state index contributed by atoms with van der Waals surface area (Å²) in [5, 5.41) is 0. The zero-order chi connectivity index (χ0) is 16.5. The molecular weight excluding hydrogens is 298 g/mol. The van der Waals surface area contributed by atoms with Crippen molar-refractivity contribution in [3.63, 3.8) is 0 Å². The van der Waals surface area contributed by atoms with E-state index in [-0.39, 0.29) is 5.97 Å². The molecule has 1 aliphatic carbocycles. The third-order valence-corrected chi connectivity index (χ3v) is 4.38. The van der Waals surface area contributed by atoms with Crippen LogP contribution in [-0.4, -0.2) is 13.1 Å². The second-order valence-corrected chi connectivity index (χ2v) is 5.72. The largest absolute Gasteiger partial charge is 0.465 e. The Kier molecular flexibility index (Phi) is 3.54. The van der Waals surface area contributed by atoms with E-state index in [1.807, 2.05) is 48.5 Å². The average molecular weight is 315 g/mol. The fourth-order valence-corrected chi connectivity index (χ4v) is 3.35. The van der Waals surface area contributed by atoms with Crippen LogP contribution in [0.15, 0.2) is 84.1 Å². The number of carbonyl (C=O) groups is 1. The van der Waals surface area contributed by atoms with E-state index in [0.29, 0.717) is 12.0 Å². The molecule has 0 saturated carbocycles. The Bertz CT molecular complexity index is 891. The number of para-hydroxylation sites is 2. The third kappa shape index (κ3) is 2.17. The van der Waals surface area contributed by atoms with Crippen molar-refractivity contribution in [2.75, 3.05) is 12.0 Å². The molecule has 1 aliphatic heterocycles. The number of carbonyl (C=O) groups excluding carboxylic acids is 1. The van der Waals surface area contributed by atoms with Crippen molar-refractivity contribution < 1.29 is 9.53 Å². The molecular formula is C21H17NO2. The summed E-state index contributed by atoms with van der Waals surface area (Å²) < 4.78 is 5.07. The third-order valence-electron chi connectivity index (χ3n) is 4.38. The van der Waals surface area contributed by atoms with Gasteiger partial charge in [-0.05, 0) is 36.3 Å². The second-order valence-electron chi connectivity index (χ2n) is 5.72. The van der Waals surface area contributed by atoms with Gasteiger partial charge in [0, 0.05) is 11.3 Å². The minimum atomic E-state index is -0.286. The van der Waals surface area contributed by atoms with Gasteiger partial charge >= 0.3 is 5.97 Å². The summed E-state index contributed by atoms with van der Waals surface area (Å²) in [7, 11) is 1.43. The van der Waals surface area contributed by atoms with Gasteiger partial charge in [-0.1, -0.05) is 48.6 Å². The van der Waals surface area contributed by atoms with Crippen molar-refractivity contribution in [1.82, 2.24) is 0 Å². The second kappa shape index (κ2) is 5.85. The first kappa shape index (κ1) is 14.5. The zero-order valence-electron chi connectivity index (χ0n) is 13.4. The minimum Gasteiger partial charge on any atom is -0.465 e. The molecule has 1 heterocycles. The van der Waals surface area contributed by atoms with Crippen molar-refractivity contribution in [1.29, 1.82) is 0 Å². The van der Waals surface area contributed by atoms with Gasteiger partial charge in [0.05, 0.1) is 24.1 Å². The van der Waals surface area contributed by atoms with Crippen LogP contribution in [0.3, 0.4) is 0 Å². The maximum atomic E-state index is 12.5. The lowest BCUT2D eigenvalue weighted by Crippen LogP contribution is -2.26. The lowest BCUT2D eigenvalue weighted by Gasteiger charge is -2.36. The number of ether oxygens (including phenoxy) is 1. The number of allylic oxidation sites excluding steroid dienone is 4. The minimum absolute atomic E-state index is 0.286. The van der Waals surface area contributed by atoms with Gasteiger partial charge in [-0.3, -0.25) is 0 Å². The first-order valence-corrected chi connectivity index (χ1v) is 7.94. The molecule has 24 heavy (non-hydrogen) atoms. The number of hydrogen-bond acceptors (Lipinski definition) is 3. The zero-order valence-corrected chi connectivity index (χ0v) is 13.4. The molecule has 3 nitrogen and oxygen atoms in total. The van der Waals surface area contributed by atoms with Gasteiger partial charge < -0.3 is 9.64 Å². The summed E-state index contributed by atoms with van der Waals surface area (Å²) in [6, 6.07) is 18.2. The number of hydrogen-bond donors (Lipinski definition) is 0. The number of nitrogens with zero attached hydrogens (tertiary/aromatic N) is 1. The SMILES string of the molecule is COC(=O)C1=C2CC=CC=C2N(c2ccccc2)c2ccccc21. The number of benzene rings is 2. The van der Waals surface area contributed by atoms with E-state index >= 15 is 0 Å². The van der Waals surface area contributed by atoms with E-state index in [0.717, 1.165) is 28.2 Å². The van der Waals surface area contributed by atoms with Crippen molar-refractivity contribution >= 4 is 22.9 Å². The van der Waals surface area contributed by atoms with E-state index in [2.05, 4.69) is 29.2 Å². The van der Waals surface area contributed by atoms with Crippen LogP contribution in [0.1, 0.15) is 12.0 Å². The topological polar surface area (TPSA) is 29.5 Å². The lowest BCUT2D eigenvalue weighted by atomic mass is 9.87. The maximum Gasteiger partial charge on any atom is 0.338 e. The van der Waals surface area contributed by atoms with Crippen LogP contribution in [-0.2, 0) is 9.53 Å². The standard InChI is InChI=1S/C21H17NO2/c1-24-21(23)20-16-11-5-7-13-18(16)22(15-9-3-2-4-10-15)19-14-8-6-12-17(19)20/h2-11,13-14H,12H2,1H3. The van der Waals surface area contributed by atoms with E-state index in [9.17, 15) is 4.79 Å². The molecule has 0 atom stereocenters. The number of fused-ring (bicyclic) bond motifs is 2. The Morgan fingerprint density at radius 3 is 2.58 bits per heavy atom. The number of rotatable bonds is 2. The van der Waals surface area contributed by atoms with Crippen molar-refractivity contribution in [2.45, 2.75) is 6.42 Å². The monoisotopic (exact) mass is 315 g/mol. The summed E-state index contributed by atoms with van der Waals surface area (Å²) in [5.41, 5.74) is 5.68. The molecule has 0 spiro atoms. The summed E-state index contributed by atoms with van der Waals surface area (Å²) in [5.74, 6) is -0.286. The van der Waals surface area contributed by atoms with Crippen molar-refractivity contribution in [3.8, 4) is 0 Å². The number of methoxy groups -OCH3 is 1. The highest BCUT2D eigenvalue weighted by molar-refractivity contribution is 6.21. The van der Waals surface area contributed by atoms with Crippen LogP contribution < -0.4 is 4.90 Å². The Hall–Kier alpha value is -3.07. The van der Waals surface area contributed by atoms with Gasteiger partial charge in [0.1, 0.15) is 0 Å². The fourth-order valence-electron chi connectivity index (χ4n) is 3.35. The fraction of sp³-hybridized carbons (Fsp3) is 0.0952. The van der Waals surface area contributed by atoms with Crippen molar-refractivity contribution in [3.05, 3.63) is 89.7 Å². The quantitative estimate of drug-likeness (QED) is 0.758. The molecule has 2 aromatic carbocycles. The highest BCUT2D eigenvalue weighted by atomic mass is 16.5. The van der Waals surface area contributed by atoms with Crippen molar-refractivity contribution in [2.24, 2.45) is 0 Å². The molecule has 2 aromatic rings. The van der Waals surface area contributed by atoms with Gasteiger partial charge in [0.2, 0.25) is 0 Å². The summed E-state index contributed by atoms with van der Waals surface area (Å²) >= 11 is 0. The van der Waals surface area contributed by atoms with Gasteiger partial charge in [0.15, 0.2) is 0 Å². The molecule has 2 aliphatic rings. The number of esters is 1. The molecule has 3 heteroatoms. The molecule has 0 aromatic heterocycles. The smallest absolute Gasteiger partial charge is 0.338 e. The molecule has 0 bridgehead atoms. The van der Waals surface area contributed by atoms with Crippen LogP contribution in [0.4, 0.5) is 11.4 Å². The Morgan fingerprint density at radius 1 is 1.04 bits per heavy atom. The molecule has 0 saturated heterocycles. The molecule has 0 fully saturated rings. The van der Waals surface area contributed by atoms with Crippen LogP contribution in [0.5, 0.6) is 0 Å². The normalized spacial score (nSPS) is 15.5. The van der Waals surface area contributed by atoms with Gasteiger partial charge in [0.25, 0.3) is 0 Å². The first-order valence-electron chi connectivity index (χ1n) is 7.94. The summed E-state index contributed by atoms with van der Waals surface area (Å²) in [6.45, 7) is 0. The Balaban J connectivity index is 2.02. The molecule has 4 rings (SSSR count). The Labute approximate surface area is 141 Å². The van der Waals surface area contributed by atoms with E-state index in [4.69, 9.17) is 4.74 Å². The molecule has 118 valence electrons. The van der Waals surface area contributed by atoms with E-state index in [1.165, 1.54) is 7.11 Å². The molecule has 0 unspecified atom stereocenters. The Morgan fingerprint density at radius 2 is 1.79 bits per heavy atom. The van der Waals surface area contributed by atoms with Gasteiger partial charge in [-0.2, -0.15) is 0 Å². The van der Waals surface area contributed by atoms with Crippen LogP contribution in [0, 0.1) is 0 Å². The van der Waals surface area contributed by atoms with Gasteiger partial charge in [-0.25, -0.2) is 4.79 Å². The molecule has 0 radical (unpaired) electrons. The van der Waals surface area contributed by atoms with Crippen LogP contribution in [0.25, 0.3) is 5.57 Å². The summed E-state index contributed by atoms with van der Waals surface area (Å²) in [4.78, 5) is 14.7. The van der Waals surface area contributed by atoms with Crippen LogP contribution in [0.2, 0.25) is 0 Å². The lowest BCUT2D eigenvalue weighted by molar-refractivity contribution is -0.133. The van der Waals surface area contributed by atoms with E-state index < -0.39 is 0 Å². The summed E-state index contributed by atoms with van der Waals surface area (Å²) in [6.07, 6.45) is 6.88. The predicted molar refractivity (Wildman–Crippen MR) is 95.8 cm³/mol. The maximum absolute atomic E-state index is 12.5. The van der Waals surface area contributed by atoms with Crippen LogP contribution >= 0.6 is 0 Å². The molecule has 0 N–H and O–H groups in total. The van der Waals surface area contributed by atoms with E-state index in [1.54, 1.807) is 0 Å². The average Bonchev–Trinajstić information content (AvgIpc) is 2.66. The first-order chi connectivity index (χ1) is 11.8. The van der Waals surface area contributed by atoms with Gasteiger partial charge in [-0.15, -0.1) is 0 Å². The molecule has 0 amide bonds. The number of anilines is 2. The predicted octanol–water partition coefficient (Wildman–Crippen LogP) is 4.61. The highest BCUT2D eigenvalue weighted by Crippen LogP contribution is 2.46. The highest BCUT2D eigenvalue weighted by Gasteiger charge is 2.33.